The van der Waals surface area contributed by atoms with Crippen molar-refractivity contribution in [2.24, 2.45) is 0 Å². The van der Waals surface area contributed by atoms with Crippen LogP contribution >= 0.6 is 22.9 Å². The lowest BCUT2D eigenvalue weighted by Crippen LogP contribution is -3.06. The largest absolute Gasteiger partial charge is 0.338 e. The first-order chi connectivity index (χ1) is 12.8. The second-order valence-corrected chi connectivity index (χ2v) is 7.78. The molecule has 0 saturated heterocycles. The lowest BCUT2D eigenvalue weighted by Gasteiger charge is -2.20. The predicted octanol–water partition coefficient (Wildman–Crippen LogP) is 2.65. The molecule has 140 valence electrons. The van der Waals surface area contributed by atoms with Gasteiger partial charge in [0.05, 0.1) is 42.3 Å². The van der Waals surface area contributed by atoms with Crippen molar-refractivity contribution >= 4 is 49.9 Å². The van der Waals surface area contributed by atoms with Crippen LogP contribution in [0.3, 0.4) is 0 Å². The number of non-ortho nitro benzene ring substituents is 1. The highest BCUT2D eigenvalue weighted by molar-refractivity contribution is 7.22. The van der Waals surface area contributed by atoms with E-state index in [0.717, 1.165) is 10.2 Å². The molecule has 0 radical (unpaired) electrons. The van der Waals surface area contributed by atoms with E-state index in [4.69, 9.17) is 11.6 Å². The molecule has 0 fully saturated rings. The number of hydrogen-bond acceptors (Lipinski definition) is 5. The first-order valence-electron chi connectivity index (χ1n) is 8.26. The molecule has 27 heavy (non-hydrogen) atoms. The summed E-state index contributed by atoms with van der Waals surface area (Å²) in [5.74, 6) is -0.315. The molecule has 1 amide bonds. The molecule has 1 aromatic heterocycles. The number of nitro benzene ring substituents is 1. The van der Waals surface area contributed by atoms with Crippen LogP contribution < -0.4 is 9.80 Å². The van der Waals surface area contributed by atoms with Crippen molar-refractivity contribution in [2.45, 2.75) is 0 Å². The number of halogens is 1. The summed E-state index contributed by atoms with van der Waals surface area (Å²) in [5.41, 5.74) is 0.902. The van der Waals surface area contributed by atoms with E-state index in [9.17, 15) is 14.9 Å². The van der Waals surface area contributed by atoms with Crippen molar-refractivity contribution in [1.82, 2.24) is 4.98 Å². The average Bonchev–Trinajstić information content (AvgIpc) is 3.04. The van der Waals surface area contributed by atoms with Gasteiger partial charge >= 0.3 is 0 Å². The summed E-state index contributed by atoms with van der Waals surface area (Å²) in [6.45, 7) is 1.15. The van der Waals surface area contributed by atoms with Gasteiger partial charge in [0.2, 0.25) is 0 Å². The highest BCUT2D eigenvalue weighted by Gasteiger charge is 2.23. The van der Waals surface area contributed by atoms with Crippen molar-refractivity contribution in [3.8, 4) is 0 Å². The number of aromatic nitrogens is 1. The molecule has 0 bridgehead atoms. The van der Waals surface area contributed by atoms with Crippen LogP contribution in [0.2, 0.25) is 5.02 Å². The summed E-state index contributed by atoms with van der Waals surface area (Å²) >= 11 is 7.42. The van der Waals surface area contributed by atoms with Gasteiger partial charge in [-0.2, -0.15) is 0 Å². The number of nitro groups is 1. The molecule has 0 saturated carbocycles. The van der Waals surface area contributed by atoms with Crippen LogP contribution in [0.15, 0.2) is 42.5 Å². The molecule has 1 N–H and O–H groups in total. The van der Waals surface area contributed by atoms with Crippen LogP contribution in [0.25, 0.3) is 10.2 Å². The van der Waals surface area contributed by atoms with Gasteiger partial charge in [-0.05, 0) is 24.3 Å². The van der Waals surface area contributed by atoms with Gasteiger partial charge in [0, 0.05) is 22.7 Å². The summed E-state index contributed by atoms with van der Waals surface area (Å²) < 4.78 is 0.881. The van der Waals surface area contributed by atoms with Crippen LogP contribution in [-0.4, -0.2) is 43.0 Å². The SMILES string of the molecule is C[NH+](C)CCN(C(=O)c1cccc([N+](=O)[O-])c1)c1nc2ccc(Cl)cc2s1. The lowest BCUT2D eigenvalue weighted by atomic mass is 10.2. The normalized spacial score (nSPS) is 11.1. The molecular formula is C18H18ClN4O3S+. The Morgan fingerprint density at radius 1 is 1.30 bits per heavy atom. The van der Waals surface area contributed by atoms with Crippen molar-refractivity contribution in [3.63, 3.8) is 0 Å². The van der Waals surface area contributed by atoms with Gasteiger partial charge in [-0.15, -0.1) is 0 Å². The minimum atomic E-state index is -0.509. The van der Waals surface area contributed by atoms with Gasteiger partial charge in [0.15, 0.2) is 5.13 Å². The molecule has 3 aromatic rings. The molecule has 0 unspecified atom stereocenters. The summed E-state index contributed by atoms with van der Waals surface area (Å²) in [5, 5.41) is 12.2. The highest BCUT2D eigenvalue weighted by atomic mass is 35.5. The Morgan fingerprint density at radius 3 is 2.78 bits per heavy atom. The second kappa shape index (κ2) is 7.99. The molecule has 2 aromatic carbocycles. The summed E-state index contributed by atoms with van der Waals surface area (Å²) in [7, 11) is 3.99. The predicted molar refractivity (Wildman–Crippen MR) is 107 cm³/mol. The average molecular weight is 406 g/mol. The first-order valence-corrected chi connectivity index (χ1v) is 9.46. The van der Waals surface area contributed by atoms with Crippen LogP contribution in [0.1, 0.15) is 10.4 Å². The fourth-order valence-corrected chi connectivity index (χ4v) is 3.80. The molecule has 0 aliphatic heterocycles. The molecular weight excluding hydrogens is 388 g/mol. The van der Waals surface area contributed by atoms with E-state index in [-0.39, 0.29) is 17.2 Å². The van der Waals surface area contributed by atoms with Crippen LogP contribution in [0.4, 0.5) is 10.8 Å². The molecule has 0 atom stereocenters. The van der Waals surface area contributed by atoms with Crippen molar-refractivity contribution < 1.29 is 14.6 Å². The standard InChI is InChI=1S/C18H17ClN4O3S/c1-21(2)8-9-22(17(24)12-4-3-5-14(10-12)23(25)26)18-20-15-7-6-13(19)11-16(15)27-18/h3-7,10-11H,8-9H2,1-2H3/p+1. The van der Waals surface area contributed by atoms with Crippen LogP contribution in [-0.2, 0) is 0 Å². The van der Waals surface area contributed by atoms with E-state index in [0.29, 0.717) is 23.2 Å². The number of anilines is 1. The molecule has 9 heteroatoms. The third-order valence-corrected chi connectivity index (χ3v) is 5.23. The summed E-state index contributed by atoms with van der Waals surface area (Å²) in [6, 6.07) is 11.1. The van der Waals surface area contributed by atoms with E-state index in [1.165, 1.54) is 34.4 Å². The van der Waals surface area contributed by atoms with Crippen molar-refractivity contribution in [3.05, 3.63) is 63.2 Å². The van der Waals surface area contributed by atoms with Gasteiger partial charge in [-0.25, -0.2) is 4.98 Å². The molecule has 0 aliphatic carbocycles. The maximum Gasteiger partial charge on any atom is 0.270 e. The van der Waals surface area contributed by atoms with E-state index >= 15 is 0 Å². The van der Waals surface area contributed by atoms with Crippen molar-refractivity contribution in [2.75, 3.05) is 32.1 Å². The Bertz CT molecular complexity index is 1010. The Kier molecular flexibility index (Phi) is 5.69. The van der Waals surface area contributed by atoms with Gasteiger partial charge in [-0.1, -0.05) is 29.0 Å². The number of nitrogens with one attached hydrogen (secondary N) is 1. The smallest absolute Gasteiger partial charge is 0.270 e. The molecule has 1 heterocycles. The minimum absolute atomic E-state index is 0.116. The Balaban J connectivity index is 2.00. The highest BCUT2D eigenvalue weighted by Crippen LogP contribution is 2.31. The second-order valence-electron chi connectivity index (χ2n) is 6.33. The number of amides is 1. The number of hydrogen-bond donors (Lipinski definition) is 1. The number of carbonyl (C=O) groups is 1. The zero-order valence-electron chi connectivity index (χ0n) is 14.8. The maximum absolute atomic E-state index is 13.1. The number of benzene rings is 2. The molecule has 7 nitrogen and oxygen atoms in total. The summed E-state index contributed by atoms with van der Waals surface area (Å²) in [6.07, 6.45) is 0. The number of rotatable bonds is 6. The van der Waals surface area contributed by atoms with E-state index in [1.54, 1.807) is 17.0 Å². The Morgan fingerprint density at radius 2 is 2.07 bits per heavy atom. The number of nitrogens with zero attached hydrogens (tertiary/aromatic N) is 3. The van der Waals surface area contributed by atoms with Gasteiger partial charge < -0.3 is 4.90 Å². The third kappa shape index (κ3) is 4.41. The Labute approximate surface area is 164 Å². The fourth-order valence-electron chi connectivity index (χ4n) is 2.53. The number of quaternary nitrogens is 1. The number of thiazole rings is 1. The molecule has 3 rings (SSSR count). The molecule has 0 spiro atoms. The van der Waals surface area contributed by atoms with Crippen LogP contribution in [0, 0.1) is 10.1 Å². The first kappa shape index (κ1) is 19.2. The van der Waals surface area contributed by atoms with Crippen LogP contribution in [0.5, 0.6) is 0 Å². The minimum Gasteiger partial charge on any atom is -0.338 e. The third-order valence-electron chi connectivity index (χ3n) is 3.95. The Hall–Kier alpha value is -2.55. The fraction of sp³-hybridized carbons (Fsp3) is 0.222. The van der Waals surface area contributed by atoms with E-state index in [1.807, 2.05) is 26.2 Å². The van der Waals surface area contributed by atoms with E-state index in [2.05, 4.69) is 4.98 Å². The monoisotopic (exact) mass is 405 g/mol. The number of fused-ring (bicyclic) bond motifs is 1. The van der Waals surface area contributed by atoms with Gasteiger partial charge in [-0.3, -0.25) is 19.8 Å². The maximum atomic E-state index is 13.1. The topological polar surface area (TPSA) is 80.8 Å². The summed E-state index contributed by atoms with van der Waals surface area (Å²) in [4.78, 5) is 30.9. The zero-order chi connectivity index (χ0) is 19.6. The molecule has 0 aliphatic rings. The van der Waals surface area contributed by atoms with Gasteiger partial charge in [0.25, 0.3) is 11.6 Å². The van der Waals surface area contributed by atoms with Gasteiger partial charge in [0.1, 0.15) is 0 Å². The zero-order valence-corrected chi connectivity index (χ0v) is 16.4. The quantitative estimate of drug-likeness (QED) is 0.505. The number of likely N-dealkylation sites (N-methyl/N-ethyl adjacent to an activating group) is 1. The van der Waals surface area contributed by atoms with E-state index < -0.39 is 4.92 Å². The van der Waals surface area contributed by atoms with Crippen molar-refractivity contribution in [1.29, 1.82) is 0 Å². The number of carbonyl (C=O) groups excluding carboxylic acids is 1. The lowest BCUT2D eigenvalue weighted by molar-refractivity contribution is -0.856.